The predicted molar refractivity (Wildman–Crippen MR) is 102 cm³/mol. The van der Waals surface area contributed by atoms with Crippen molar-refractivity contribution >= 4 is 11.8 Å². The summed E-state index contributed by atoms with van der Waals surface area (Å²) in [6.45, 7) is 5.66. The van der Waals surface area contributed by atoms with Gasteiger partial charge in [0.1, 0.15) is 5.75 Å². The molecule has 1 aliphatic rings. The lowest BCUT2D eigenvalue weighted by molar-refractivity contribution is -0.132. The lowest BCUT2D eigenvalue weighted by Crippen LogP contribution is -2.42. The van der Waals surface area contributed by atoms with Crippen LogP contribution in [0.2, 0.25) is 0 Å². The fourth-order valence-corrected chi connectivity index (χ4v) is 3.22. The van der Waals surface area contributed by atoms with E-state index < -0.39 is 6.04 Å². The second kappa shape index (κ2) is 10.2. The van der Waals surface area contributed by atoms with E-state index in [4.69, 9.17) is 10.5 Å². The Morgan fingerprint density at radius 1 is 1.23 bits per heavy atom. The summed E-state index contributed by atoms with van der Waals surface area (Å²) in [6, 6.07) is 6.85. The molecule has 0 aromatic heterocycles. The maximum absolute atomic E-state index is 12.3. The highest BCUT2D eigenvalue weighted by molar-refractivity contribution is 5.82. The Morgan fingerprint density at radius 2 is 1.92 bits per heavy atom. The molecule has 3 N–H and O–H groups in total. The molecular weight excluding hydrogens is 330 g/mol. The van der Waals surface area contributed by atoms with E-state index in [-0.39, 0.29) is 24.5 Å². The molecule has 144 valence electrons. The molecule has 1 fully saturated rings. The lowest BCUT2D eigenvalue weighted by atomic mass is 10.0. The van der Waals surface area contributed by atoms with Crippen molar-refractivity contribution in [2.45, 2.75) is 58.0 Å². The molecule has 1 aromatic carbocycles. The second-order valence-electron chi connectivity index (χ2n) is 6.78. The van der Waals surface area contributed by atoms with Gasteiger partial charge in [0.25, 0.3) is 5.91 Å². The first kappa shape index (κ1) is 20.2. The van der Waals surface area contributed by atoms with Gasteiger partial charge in [-0.2, -0.15) is 0 Å². The third-order valence-electron chi connectivity index (χ3n) is 4.77. The van der Waals surface area contributed by atoms with Gasteiger partial charge in [-0.1, -0.05) is 38.5 Å². The highest BCUT2D eigenvalue weighted by Gasteiger charge is 2.22. The monoisotopic (exact) mass is 361 g/mol. The molecule has 2 rings (SSSR count). The topological polar surface area (TPSA) is 84.7 Å². The Hall–Kier alpha value is -2.08. The van der Waals surface area contributed by atoms with Crippen LogP contribution in [0.25, 0.3) is 0 Å². The molecule has 0 bridgehead atoms. The van der Waals surface area contributed by atoms with Crippen molar-refractivity contribution < 1.29 is 14.3 Å². The van der Waals surface area contributed by atoms with E-state index in [1.54, 1.807) is 0 Å². The Bertz CT molecular complexity index is 600. The summed E-state index contributed by atoms with van der Waals surface area (Å²) in [5.74, 6) is 0.497. The summed E-state index contributed by atoms with van der Waals surface area (Å²) in [7, 11) is 0. The molecule has 0 spiro atoms. The van der Waals surface area contributed by atoms with Gasteiger partial charge in [-0.25, -0.2) is 0 Å². The molecule has 0 radical (unpaired) electrons. The zero-order valence-electron chi connectivity index (χ0n) is 15.9. The van der Waals surface area contributed by atoms with E-state index >= 15 is 0 Å². The van der Waals surface area contributed by atoms with E-state index in [9.17, 15) is 9.59 Å². The number of nitrogens with two attached hydrogens (primary N) is 1. The third-order valence-corrected chi connectivity index (χ3v) is 4.77. The summed E-state index contributed by atoms with van der Waals surface area (Å²) in [5.41, 5.74) is 6.80. The summed E-state index contributed by atoms with van der Waals surface area (Å²) in [4.78, 5) is 26.4. The number of benzene rings is 1. The van der Waals surface area contributed by atoms with Crippen LogP contribution in [0.5, 0.6) is 5.75 Å². The molecule has 6 nitrogen and oxygen atoms in total. The van der Waals surface area contributed by atoms with E-state index in [1.807, 2.05) is 43.0 Å². The number of nitrogens with one attached hydrogen (secondary N) is 1. The van der Waals surface area contributed by atoms with Crippen molar-refractivity contribution in [1.82, 2.24) is 10.2 Å². The summed E-state index contributed by atoms with van der Waals surface area (Å²) in [5, 5.41) is 3.01. The Balaban J connectivity index is 2.02. The van der Waals surface area contributed by atoms with Gasteiger partial charge in [-0.15, -0.1) is 0 Å². The maximum Gasteiger partial charge on any atom is 0.260 e. The lowest BCUT2D eigenvalue weighted by Gasteiger charge is -2.23. The molecule has 2 amide bonds. The minimum Gasteiger partial charge on any atom is -0.483 e. The molecule has 26 heavy (non-hydrogen) atoms. The first-order chi connectivity index (χ1) is 12.6. The van der Waals surface area contributed by atoms with Crippen LogP contribution in [-0.2, 0) is 9.59 Å². The van der Waals surface area contributed by atoms with Crippen LogP contribution in [0, 0.1) is 0 Å². The van der Waals surface area contributed by atoms with Gasteiger partial charge in [0.05, 0.1) is 12.1 Å². The molecule has 2 atom stereocenters. The molecule has 1 saturated heterocycles. The molecule has 1 aromatic rings. The van der Waals surface area contributed by atoms with Gasteiger partial charge in [0.2, 0.25) is 5.91 Å². The van der Waals surface area contributed by atoms with Crippen LogP contribution in [-0.4, -0.2) is 42.5 Å². The van der Waals surface area contributed by atoms with Crippen molar-refractivity contribution in [2.24, 2.45) is 5.73 Å². The Morgan fingerprint density at radius 3 is 2.58 bits per heavy atom. The standard InChI is InChI=1S/C20H31N3O3/c1-3-9-16(21)20(25)22-17(4-2)15-10-5-6-11-18(15)26-14-19(24)23-12-7-8-13-23/h5-6,10-11,16-17H,3-4,7-9,12-14,21H2,1-2H3,(H,22,25). The van der Waals surface area contributed by atoms with Crippen LogP contribution >= 0.6 is 0 Å². The minimum absolute atomic E-state index is 0.0133. The first-order valence-electron chi connectivity index (χ1n) is 9.62. The number of hydrogen-bond donors (Lipinski definition) is 2. The number of rotatable bonds is 9. The van der Waals surface area contributed by atoms with E-state index in [0.717, 1.165) is 37.9 Å². The van der Waals surface area contributed by atoms with Gasteiger partial charge < -0.3 is 20.7 Å². The molecular formula is C20H31N3O3. The third kappa shape index (κ3) is 5.46. The molecule has 2 unspecified atom stereocenters. The van der Waals surface area contributed by atoms with Gasteiger partial charge >= 0.3 is 0 Å². The Labute approximate surface area is 156 Å². The zero-order valence-corrected chi connectivity index (χ0v) is 15.9. The average Bonchev–Trinajstić information content (AvgIpc) is 3.19. The number of para-hydroxylation sites is 1. The van der Waals surface area contributed by atoms with Crippen LogP contribution in [0.15, 0.2) is 24.3 Å². The zero-order chi connectivity index (χ0) is 18.9. The first-order valence-corrected chi connectivity index (χ1v) is 9.62. The van der Waals surface area contributed by atoms with Gasteiger partial charge in [-0.05, 0) is 31.7 Å². The van der Waals surface area contributed by atoms with Crippen molar-refractivity contribution in [3.63, 3.8) is 0 Å². The molecule has 6 heteroatoms. The normalized spacial score (nSPS) is 16.2. The largest absolute Gasteiger partial charge is 0.483 e. The Kier molecular flexibility index (Phi) is 7.91. The number of amides is 2. The van der Waals surface area contributed by atoms with E-state index in [2.05, 4.69) is 5.32 Å². The number of nitrogens with zero attached hydrogens (tertiary/aromatic N) is 1. The highest BCUT2D eigenvalue weighted by Crippen LogP contribution is 2.27. The number of hydrogen-bond acceptors (Lipinski definition) is 4. The number of ether oxygens (including phenoxy) is 1. The molecule has 1 aliphatic heterocycles. The van der Waals surface area contributed by atoms with Crippen LogP contribution < -0.4 is 15.8 Å². The van der Waals surface area contributed by atoms with Gasteiger partial charge in [0.15, 0.2) is 6.61 Å². The van der Waals surface area contributed by atoms with Gasteiger partial charge in [0, 0.05) is 18.7 Å². The van der Waals surface area contributed by atoms with Crippen molar-refractivity contribution in [1.29, 1.82) is 0 Å². The van der Waals surface area contributed by atoms with Crippen molar-refractivity contribution in [3.8, 4) is 5.75 Å². The smallest absolute Gasteiger partial charge is 0.260 e. The SMILES string of the molecule is CCCC(N)C(=O)NC(CC)c1ccccc1OCC(=O)N1CCCC1. The quantitative estimate of drug-likeness (QED) is 0.707. The second-order valence-corrected chi connectivity index (χ2v) is 6.78. The summed E-state index contributed by atoms with van der Waals surface area (Å²) >= 11 is 0. The minimum atomic E-state index is -0.501. The van der Waals surface area contributed by atoms with E-state index in [0.29, 0.717) is 18.6 Å². The fraction of sp³-hybridized carbons (Fsp3) is 0.600. The van der Waals surface area contributed by atoms with Crippen molar-refractivity contribution in [3.05, 3.63) is 29.8 Å². The number of likely N-dealkylation sites (tertiary alicyclic amines) is 1. The highest BCUT2D eigenvalue weighted by atomic mass is 16.5. The summed E-state index contributed by atoms with van der Waals surface area (Å²) in [6.07, 6.45) is 4.36. The van der Waals surface area contributed by atoms with Gasteiger partial charge in [-0.3, -0.25) is 9.59 Å². The number of carbonyl (C=O) groups is 2. The number of carbonyl (C=O) groups excluding carboxylic acids is 2. The summed E-state index contributed by atoms with van der Waals surface area (Å²) < 4.78 is 5.81. The van der Waals surface area contributed by atoms with Crippen LogP contribution in [0.3, 0.4) is 0 Å². The average molecular weight is 361 g/mol. The molecule has 1 heterocycles. The fourth-order valence-electron chi connectivity index (χ4n) is 3.22. The van der Waals surface area contributed by atoms with Crippen molar-refractivity contribution in [2.75, 3.05) is 19.7 Å². The molecule has 0 aliphatic carbocycles. The van der Waals surface area contributed by atoms with E-state index in [1.165, 1.54) is 0 Å². The predicted octanol–water partition coefficient (Wildman–Crippen LogP) is 2.38. The van der Waals surface area contributed by atoms with Crippen LogP contribution in [0.1, 0.15) is 57.6 Å². The van der Waals surface area contributed by atoms with Crippen LogP contribution in [0.4, 0.5) is 0 Å². The molecule has 0 saturated carbocycles. The maximum atomic E-state index is 12.3.